The molecule has 7 nitrogen and oxygen atoms in total. The Hall–Kier alpha value is -3.13. The molecule has 0 aliphatic rings. The fourth-order valence-corrected chi connectivity index (χ4v) is 3.62. The number of hydrogen-bond donors (Lipinski definition) is 1. The average Bonchev–Trinajstić information content (AvgIpc) is 3.31. The van der Waals surface area contributed by atoms with Gasteiger partial charge in [0.1, 0.15) is 17.1 Å². The molecule has 0 amide bonds. The van der Waals surface area contributed by atoms with Gasteiger partial charge < -0.3 is 9.84 Å². The van der Waals surface area contributed by atoms with Crippen molar-refractivity contribution in [3.05, 3.63) is 47.9 Å². The summed E-state index contributed by atoms with van der Waals surface area (Å²) in [6.45, 7) is 0. The zero-order chi connectivity index (χ0) is 17.6. The van der Waals surface area contributed by atoms with Crippen molar-refractivity contribution in [2.45, 2.75) is 0 Å². The second-order valence-corrected chi connectivity index (χ2v) is 6.54. The van der Waals surface area contributed by atoms with Crippen LogP contribution in [0.4, 0.5) is 0 Å². The van der Waals surface area contributed by atoms with Crippen LogP contribution in [0, 0.1) is 0 Å². The van der Waals surface area contributed by atoms with Gasteiger partial charge in [-0.3, -0.25) is 9.25 Å². The highest BCUT2D eigenvalue weighted by Gasteiger charge is 2.18. The lowest BCUT2D eigenvalue weighted by atomic mass is 10.1. The molecule has 0 aliphatic heterocycles. The summed E-state index contributed by atoms with van der Waals surface area (Å²) < 4.78 is 8.26. The molecule has 0 fully saturated rings. The number of hydrogen-bond acceptors (Lipinski definition) is 6. The molecule has 0 atom stereocenters. The maximum absolute atomic E-state index is 11.7. The molecular weight excluding hydrogens is 340 g/mol. The molecule has 8 heteroatoms. The fraction of sp³-hybridized carbons (Fsp3) is 0.118. The number of fused-ring (bicyclic) bond motifs is 1. The molecule has 0 radical (unpaired) electrons. The second-order valence-electron chi connectivity index (χ2n) is 5.51. The maximum Gasteiger partial charge on any atom is 0.351 e. The van der Waals surface area contributed by atoms with Crippen LogP contribution in [-0.4, -0.2) is 37.5 Å². The summed E-state index contributed by atoms with van der Waals surface area (Å²) in [5.74, 6) is -0.655. The van der Waals surface area contributed by atoms with Crippen LogP contribution in [-0.2, 0) is 11.8 Å². The lowest BCUT2D eigenvalue weighted by molar-refractivity contribution is 0.0603. The Bertz CT molecular complexity index is 1090. The minimum Gasteiger partial charge on any atom is -0.506 e. The Kier molecular flexibility index (Phi) is 3.54. The third-order valence-corrected chi connectivity index (χ3v) is 5.00. The van der Waals surface area contributed by atoms with E-state index in [9.17, 15) is 9.90 Å². The van der Waals surface area contributed by atoms with Crippen molar-refractivity contribution in [2.24, 2.45) is 7.05 Å². The van der Waals surface area contributed by atoms with Gasteiger partial charge >= 0.3 is 5.97 Å². The molecule has 4 aromatic rings. The topological polar surface area (TPSA) is 82.2 Å². The number of rotatable bonds is 3. The van der Waals surface area contributed by atoms with Crippen LogP contribution in [0.3, 0.4) is 0 Å². The number of methoxy groups -OCH3 is 1. The maximum atomic E-state index is 11.7. The average molecular weight is 354 g/mol. The van der Waals surface area contributed by atoms with Gasteiger partial charge in [-0.1, -0.05) is 6.07 Å². The van der Waals surface area contributed by atoms with E-state index < -0.39 is 5.97 Å². The van der Waals surface area contributed by atoms with E-state index >= 15 is 0 Å². The van der Waals surface area contributed by atoms with Crippen LogP contribution >= 0.6 is 11.3 Å². The third-order valence-electron chi connectivity index (χ3n) is 3.89. The molecule has 0 unspecified atom stereocenters. The second kappa shape index (κ2) is 5.75. The molecule has 1 aromatic carbocycles. The minimum atomic E-state index is -0.558. The first-order valence-corrected chi connectivity index (χ1v) is 8.26. The van der Waals surface area contributed by atoms with Crippen molar-refractivity contribution in [1.82, 2.24) is 19.3 Å². The number of nitrogens with zero attached hydrogens (tertiary/aromatic N) is 4. The highest BCUT2D eigenvalue weighted by molar-refractivity contribution is 7.16. The van der Waals surface area contributed by atoms with Crippen LogP contribution in [0.15, 0.2) is 43.0 Å². The van der Waals surface area contributed by atoms with Crippen molar-refractivity contribution >= 4 is 28.3 Å². The van der Waals surface area contributed by atoms with E-state index in [1.165, 1.54) is 13.2 Å². The summed E-state index contributed by atoms with van der Waals surface area (Å²) in [5, 5.41) is 14.8. The smallest absolute Gasteiger partial charge is 0.351 e. The molecule has 25 heavy (non-hydrogen) atoms. The molecule has 1 N–H and O–H groups in total. The first-order valence-electron chi connectivity index (χ1n) is 7.44. The number of aryl methyl sites for hydroxylation is 1. The van der Waals surface area contributed by atoms with Gasteiger partial charge in [0.15, 0.2) is 4.88 Å². The number of ether oxygens (including phenoxy) is 1. The van der Waals surface area contributed by atoms with Gasteiger partial charge in [0.25, 0.3) is 0 Å². The van der Waals surface area contributed by atoms with Gasteiger partial charge in [-0.05, 0) is 17.7 Å². The predicted octanol–water partition coefficient (Wildman–Crippen LogP) is 2.98. The number of benzene rings is 1. The van der Waals surface area contributed by atoms with Crippen molar-refractivity contribution in [1.29, 1.82) is 0 Å². The summed E-state index contributed by atoms with van der Waals surface area (Å²) in [7, 11) is 3.16. The number of carbonyl (C=O) groups is 1. The molecule has 0 saturated carbocycles. The number of esters is 1. The fourth-order valence-electron chi connectivity index (χ4n) is 2.66. The Morgan fingerprint density at radius 2 is 2.12 bits per heavy atom. The van der Waals surface area contributed by atoms with Gasteiger partial charge in [-0.2, -0.15) is 5.10 Å². The SMILES string of the molecule is COC(=O)c1sc(-n2cnc3cc(-c4cnn(C)c4)ccc32)cc1O. The monoisotopic (exact) mass is 354 g/mol. The molecule has 3 aromatic heterocycles. The van der Waals surface area contributed by atoms with E-state index in [0.29, 0.717) is 5.00 Å². The Labute approximate surface area is 146 Å². The number of carbonyl (C=O) groups excluding carboxylic acids is 1. The highest BCUT2D eigenvalue weighted by Crippen LogP contribution is 2.34. The van der Waals surface area contributed by atoms with Crippen LogP contribution in [0.25, 0.3) is 27.2 Å². The largest absolute Gasteiger partial charge is 0.506 e. The van der Waals surface area contributed by atoms with Crippen molar-refractivity contribution in [3.63, 3.8) is 0 Å². The molecule has 126 valence electrons. The van der Waals surface area contributed by atoms with Gasteiger partial charge in [0, 0.05) is 24.9 Å². The summed E-state index contributed by atoms with van der Waals surface area (Å²) in [5.41, 5.74) is 3.73. The Balaban J connectivity index is 1.78. The Morgan fingerprint density at radius 3 is 2.84 bits per heavy atom. The van der Waals surface area contributed by atoms with Crippen molar-refractivity contribution in [3.8, 4) is 21.9 Å². The highest BCUT2D eigenvalue weighted by atomic mass is 32.1. The van der Waals surface area contributed by atoms with Crippen LogP contribution in [0.1, 0.15) is 9.67 Å². The van der Waals surface area contributed by atoms with Gasteiger partial charge in [-0.15, -0.1) is 11.3 Å². The molecule has 0 saturated heterocycles. The zero-order valence-corrected chi connectivity index (χ0v) is 14.3. The number of imidazole rings is 1. The molecule has 3 heterocycles. The summed E-state index contributed by atoms with van der Waals surface area (Å²) in [6.07, 6.45) is 5.42. The van der Waals surface area contributed by atoms with E-state index in [1.807, 2.05) is 36.0 Å². The van der Waals surface area contributed by atoms with E-state index in [4.69, 9.17) is 0 Å². The quantitative estimate of drug-likeness (QED) is 0.572. The van der Waals surface area contributed by atoms with E-state index in [-0.39, 0.29) is 10.6 Å². The normalized spacial score (nSPS) is 11.1. The van der Waals surface area contributed by atoms with Crippen LogP contribution in [0.2, 0.25) is 0 Å². The zero-order valence-electron chi connectivity index (χ0n) is 13.5. The van der Waals surface area contributed by atoms with Crippen molar-refractivity contribution < 1.29 is 14.6 Å². The van der Waals surface area contributed by atoms with Gasteiger partial charge in [0.2, 0.25) is 0 Å². The van der Waals surface area contributed by atoms with E-state index in [2.05, 4.69) is 14.8 Å². The first-order chi connectivity index (χ1) is 12.1. The number of aromatic nitrogens is 4. The van der Waals surface area contributed by atoms with E-state index in [0.717, 1.165) is 33.5 Å². The lowest BCUT2D eigenvalue weighted by Crippen LogP contribution is -1.97. The molecular formula is C17H14N4O3S. The Morgan fingerprint density at radius 1 is 1.28 bits per heavy atom. The molecule has 0 spiro atoms. The van der Waals surface area contributed by atoms with Gasteiger partial charge in [-0.25, -0.2) is 9.78 Å². The summed E-state index contributed by atoms with van der Waals surface area (Å²) in [4.78, 5) is 16.3. The minimum absolute atomic E-state index is 0.0966. The number of thiophene rings is 1. The van der Waals surface area contributed by atoms with Crippen molar-refractivity contribution in [2.75, 3.05) is 7.11 Å². The lowest BCUT2D eigenvalue weighted by Gasteiger charge is -2.01. The summed E-state index contributed by atoms with van der Waals surface area (Å²) >= 11 is 1.15. The standard InChI is InChI=1S/C17H14N4O3S/c1-20-8-11(7-19-20)10-3-4-13-12(5-10)18-9-21(13)15-6-14(22)16(25-15)17(23)24-2/h3-9,22H,1-2H3. The van der Waals surface area contributed by atoms with E-state index in [1.54, 1.807) is 17.2 Å². The third kappa shape index (κ3) is 2.56. The summed E-state index contributed by atoms with van der Waals surface area (Å²) in [6, 6.07) is 7.47. The van der Waals surface area contributed by atoms with Gasteiger partial charge in [0.05, 0.1) is 24.3 Å². The molecule has 0 bridgehead atoms. The molecule has 4 rings (SSSR count). The first kappa shape index (κ1) is 15.4. The van der Waals surface area contributed by atoms with Crippen LogP contribution < -0.4 is 0 Å². The number of aromatic hydroxyl groups is 1. The van der Waals surface area contributed by atoms with Crippen LogP contribution in [0.5, 0.6) is 5.75 Å². The predicted molar refractivity (Wildman–Crippen MR) is 94.2 cm³/mol. The molecule has 0 aliphatic carbocycles.